The molecule has 1 amide bonds. The predicted molar refractivity (Wildman–Crippen MR) is 97.1 cm³/mol. The van der Waals surface area contributed by atoms with E-state index in [-0.39, 0.29) is 30.6 Å². The van der Waals surface area contributed by atoms with Crippen molar-refractivity contribution >= 4 is 11.7 Å². The van der Waals surface area contributed by atoms with Crippen LogP contribution in [0.5, 0.6) is 0 Å². The highest BCUT2D eigenvalue weighted by atomic mass is 16.2. The van der Waals surface area contributed by atoms with E-state index in [2.05, 4.69) is 25.2 Å². The number of benzene rings is 1. The summed E-state index contributed by atoms with van der Waals surface area (Å²) in [6, 6.07) is 6.01. The monoisotopic (exact) mass is 330 g/mol. The van der Waals surface area contributed by atoms with Crippen molar-refractivity contribution in [3.63, 3.8) is 0 Å². The second kappa shape index (κ2) is 8.97. The highest BCUT2D eigenvalue weighted by Crippen LogP contribution is 2.23. The Kier molecular flexibility index (Phi) is 6.98. The molecule has 0 spiro atoms. The van der Waals surface area contributed by atoms with E-state index < -0.39 is 0 Å². The van der Waals surface area contributed by atoms with Crippen molar-refractivity contribution in [3.8, 4) is 0 Å². The van der Waals surface area contributed by atoms with Gasteiger partial charge in [0.2, 0.25) is 5.91 Å². The van der Waals surface area contributed by atoms with Crippen molar-refractivity contribution in [3.05, 3.63) is 34.9 Å². The molecule has 1 aliphatic rings. The third kappa shape index (κ3) is 5.45. The van der Waals surface area contributed by atoms with E-state index in [9.17, 15) is 9.59 Å². The first-order valence-corrected chi connectivity index (χ1v) is 9.14. The summed E-state index contributed by atoms with van der Waals surface area (Å²) in [5.74, 6) is 0.445. The zero-order valence-corrected chi connectivity index (χ0v) is 14.9. The number of rotatable bonds is 8. The third-order valence-electron chi connectivity index (χ3n) is 4.66. The van der Waals surface area contributed by atoms with Gasteiger partial charge in [0.25, 0.3) is 0 Å². The molecule has 1 aromatic rings. The van der Waals surface area contributed by atoms with Crippen molar-refractivity contribution < 1.29 is 9.59 Å². The van der Waals surface area contributed by atoms with Crippen LogP contribution in [0.15, 0.2) is 18.2 Å². The van der Waals surface area contributed by atoms with Crippen molar-refractivity contribution in [2.24, 2.45) is 11.7 Å². The van der Waals surface area contributed by atoms with Crippen LogP contribution in [0.25, 0.3) is 0 Å². The minimum atomic E-state index is -0.0857. The molecule has 24 heavy (non-hydrogen) atoms. The van der Waals surface area contributed by atoms with E-state index >= 15 is 0 Å². The number of hydrogen-bond acceptors (Lipinski definition) is 3. The maximum Gasteiger partial charge on any atom is 0.220 e. The van der Waals surface area contributed by atoms with Gasteiger partial charge in [0.15, 0.2) is 5.78 Å². The summed E-state index contributed by atoms with van der Waals surface area (Å²) in [4.78, 5) is 24.4. The number of nitrogens with two attached hydrogens (primary N) is 1. The van der Waals surface area contributed by atoms with Gasteiger partial charge in [-0.15, -0.1) is 0 Å². The summed E-state index contributed by atoms with van der Waals surface area (Å²) in [6.45, 7) is 4.64. The van der Waals surface area contributed by atoms with Crippen LogP contribution >= 0.6 is 0 Å². The Morgan fingerprint density at radius 3 is 2.50 bits per heavy atom. The van der Waals surface area contributed by atoms with Crippen LogP contribution in [0.1, 0.15) is 67.4 Å². The van der Waals surface area contributed by atoms with Crippen LogP contribution in [0.2, 0.25) is 0 Å². The maximum atomic E-state index is 12.4. The zero-order valence-electron chi connectivity index (χ0n) is 14.9. The summed E-state index contributed by atoms with van der Waals surface area (Å²) in [5, 5.41) is 2.94. The normalized spacial score (nSPS) is 15.0. The molecule has 1 atom stereocenters. The molecule has 0 aromatic heterocycles. The van der Waals surface area contributed by atoms with Crippen LogP contribution < -0.4 is 11.1 Å². The van der Waals surface area contributed by atoms with E-state index in [1.165, 1.54) is 24.0 Å². The summed E-state index contributed by atoms with van der Waals surface area (Å²) in [7, 11) is 0. The fourth-order valence-corrected chi connectivity index (χ4v) is 3.36. The van der Waals surface area contributed by atoms with Gasteiger partial charge >= 0.3 is 0 Å². The second-order valence-electron chi connectivity index (χ2n) is 7.24. The highest BCUT2D eigenvalue weighted by Gasteiger charge is 2.16. The Bertz CT molecular complexity index is 581. The number of amides is 1. The van der Waals surface area contributed by atoms with E-state index in [4.69, 9.17) is 5.73 Å². The molecule has 0 bridgehead atoms. The lowest BCUT2D eigenvalue weighted by atomic mass is 9.89. The van der Waals surface area contributed by atoms with Crippen molar-refractivity contribution in [1.82, 2.24) is 5.32 Å². The Labute approximate surface area is 145 Å². The zero-order chi connectivity index (χ0) is 17.5. The smallest absolute Gasteiger partial charge is 0.220 e. The minimum Gasteiger partial charge on any atom is -0.352 e. The van der Waals surface area contributed by atoms with Gasteiger partial charge < -0.3 is 11.1 Å². The van der Waals surface area contributed by atoms with Gasteiger partial charge in [-0.3, -0.25) is 9.59 Å². The fourth-order valence-electron chi connectivity index (χ4n) is 3.36. The first-order chi connectivity index (χ1) is 11.5. The molecule has 0 radical (unpaired) electrons. The number of carbonyl (C=O) groups is 2. The number of fused-ring (bicyclic) bond motifs is 1. The van der Waals surface area contributed by atoms with Gasteiger partial charge in [0.1, 0.15) is 0 Å². The summed E-state index contributed by atoms with van der Waals surface area (Å²) in [5.41, 5.74) is 9.11. The van der Waals surface area contributed by atoms with Crippen LogP contribution in [0.3, 0.4) is 0 Å². The van der Waals surface area contributed by atoms with Crippen molar-refractivity contribution in [2.75, 3.05) is 6.54 Å². The minimum absolute atomic E-state index is 0.00338. The average Bonchev–Trinajstić information content (AvgIpc) is 2.58. The average molecular weight is 330 g/mol. The second-order valence-corrected chi connectivity index (χ2v) is 7.24. The number of nitrogens with one attached hydrogen (secondary N) is 1. The number of aryl methyl sites for hydroxylation is 2. The lowest BCUT2D eigenvalue weighted by molar-refractivity contribution is -0.121. The quantitative estimate of drug-likeness (QED) is 0.720. The van der Waals surface area contributed by atoms with Crippen molar-refractivity contribution in [2.45, 2.75) is 64.8 Å². The lowest BCUT2D eigenvalue weighted by Gasteiger charge is -2.19. The Morgan fingerprint density at radius 1 is 1.12 bits per heavy atom. The molecular weight excluding hydrogens is 300 g/mol. The molecule has 0 heterocycles. The molecule has 4 heteroatoms. The molecule has 0 saturated heterocycles. The van der Waals surface area contributed by atoms with Gasteiger partial charge in [-0.1, -0.05) is 26.0 Å². The number of Topliss-reactive ketones (excluding diaryl/α,β-unsaturated/α-hetero) is 1. The van der Waals surface area contributed by atoms with Gasteiger partial charge in [-0.05, 0) is 55.2 Å². The molecule has 0 fully saturated rings. The number of carbonyl (C=O) groups excluding carboxylic acids is 2. The summed E-state index contributed by atoms with van der Waals surface area (Å²) < 4.78 is 0. The Hall–Kier alpha value is -1.68. The summed E-state index contributed by atoms with van der Waals surface area (Å²) in [6.07, 6.45) is 5.95. The number of ketones is 1. The van der Waals surface area contributed by atoms with E-state index in [1.807, 2.05) is 12.1 Å². The standard InChI is InChI=1S/C20H30N2O2/c1-14(2)11-18(13-21)22-20(24)10-9-19(23)17-8-7-15-5-3-4-6-16(15)12-17/h7-8,12,14,18H,3-6,9-11,13,21H2,1-2H3,(H,22,24). The van der Waals surface area contributed by atoms with E-state index in [1.54, 1.807) is 0 Å². The maximum absolute atomic E-state index is 12.4. The van der Waals surface area contributed by atoms with Crippen LogP contribution in [-0.4, -0.2) is 24.3 Å². The van der Waals surface area contributed by atoms with E-state index in [0.717, 1.165) is 24.8 Å². The highest BCUT2D eigenvalue weighted by molar-refractivity contribution is 5.98. The molecular formula is C20H30N2O2. The van der Waals surface area contributed by atoms with Crippen LogP contribution in [-0.2, 0) is 17.6 Å². The summed E-state index contributed by atoms with van der Waals surface area (Å²) >= 11 is 0. The van der Waals surface area contributed by atoms with Gasteiger partial charge in [-0.2, -0.15) is 0 Å². The third-order valence-corrected chi connectivity index (χ3v) is 4.66. The first-order valence-electron chi connectivity index (χ1n) is 9.14. The topological polar surface area (TPSA) is 72.2 Å². The van der Waals surface area contributed by atoms with Gasteiger partial charge in [-0.25, -0.2) is 0 Å². The van der Waals surface area contributed by atoms with Crippen LogP contribution in [0, 0.1) is 5.92 Å². The SMILES string of the molecule is CC(C)CC(CN)NC(=O)CCC(=O)c1ccc2c(c1)CCCC2. The predicted octanol–water partition coefficient (Wildman–Crippen LogP) is 3.02. The largest absolute Gasteiger partial charge is 0.352 e. The first kappa shape index (κ1) is 18.7. The molecule has 0 aliphatic heterocycles. The molecule has 132 valence electrons. The van der Waals surface area contributed by atoms with Crippen LogP contribution in [0.4, 0.5) is 0 Å². The van der Waals surface area contributed by atoms with E-state index in [0.29, 0.717) is 12.5 Å². The van der Waals surface area contributed by atoms with Gasteiger partial charge in [0.05, 0.1) is 0 Å². The fraction of sp³-hybridized carbons (Fsp3) is 0.600. The Balaban J connectivity index is 1.85. The molecule has 1 unspecified atom stereocenters. The lowest BCUT2D eigenvalue weighted by Crippen LogP contribution is -2.41. The molecule has 2 rings (SSSR count). The molecule has 0 saturated carbocycles. The Morgan fingerprint density at radius 2 is 1.83 bits per heavy atom. The van der Waals surface area contributed by atoms with Gasteiger partial charge in [0, 0.05) is 31.0 Å². The van der Waals surface area contributed by atoms with Crippen molar-refractivity contribution in [1.29, 1.82) is 0 Å². The molecule has 3 N–H and O–H groups in total. The molecule has 4 nitrogen and oxygen atoms in total. The molecule has 1 aliphatic carbocycles. The molecule has 1 aromatic carbocycles. The number of hydrogen-bond donors (Lipinski definition) is 2.